The van der Waals surface area contributed by atoms with Gasteiger partial charge in [0, 0.05) is 33.3 Å². The summed E-state index contributed by atoms with van der Waals surface area (Å²) in [6, 6.07) is 1.49. The largest absolute Gasteiger partial charge is 0.354 e. The Kier molecular flexibility index (Phi) is 1.55. The molecule has 2 rings (SSSR count). The second-order valence-corrected chi connectivity index (χ2v) is 3.23. The molecule has 1 aliphatic heterocycles. The van der Waals surface area contributed by atoms with E-state index in [1.54, 1.807) is 7.05 Å². The maximum absolute atomic E-state index is 11.4. The van der Waals surface area contributed by atoms with Crippen LogP contribution < -0.4 is 16.1 Å². The predicted molar refractivity (Wildman–Crippen MR) is 49.1 cm³/mol. The van der Waals surface area contributed by atoms with Crippen LogP contribution in [0.5, 0.6) is 0 Å². The van der Waals surface area contributed by atoms with Crippen LogP contribution in [0.2, 0.25) is 0 Å². The highest BCUT2D eigenvalue weighted by molar-refractivity contribution is 5.44. The quantitative estimate of drug-likeness (QED) is 0.517. The van der Waals surface area contributed by atoms with Gasteiger partial charge in [-0.3, -0.25) is 13.9 Å². The Morgan fingerprint density at radius 3 is 2.31 bits per heavy atom. The Hall–Kier alpha value is -1.52. The van der Waals surface area contributed by atoms with E-state index in [-0.39, 0.29) is 11.2 Å². The molecule has 1 aromatic heterocycles. The van der Waals surface area contributed by atoms with E-state index in [0.717, 1.165) is 17.7 Å². The molecule has 0 aliphatic carbocycles. The molecular formula is C8H11N3O2. The van der Waals surface area contributed by atoms with Crippen molar-refractivity contribution < 1.29 is 0 Å². The SMILES string of the molecule is Cn1c(N2CC2)cc(=O)n(C)c1=O. The Balaban J connectivity index is 2.72. The molecule has 1 aliphatic rings. The van der Waals surface area contributed by atoms with Crippen LogP contribution in [0.4, 0.5) is 5.82 Å². The first-order chi connectivity index (χ1) is 6.11. The van der Waals surface area contributed by atoms with E-state index >= 15 is 0 Å². The Morgan fingerprint density at radius 2 is 1.77 bits per heavy atom. The van der Waals surface area contributed by atoms with E-state index < -0.39 is 0 Å². The smallest absolute Gasteiger partial charge is 0.332 e. The minimum absolute atomic E-state index is 0.245. The summed E-state index contributed by atoms with van der Waals surface area (Å²) < 4.78 is 2.60. The molecule has 0 unspecified atom stereocenters. The standard InChI is InChI=1S/C8H11N3O2/c1-9-6(11-3-4-11)5-7(12)10(2)8(9)13/h5H,3-4H2,1-2H3. The monoisotopic (exact) mass is 181 g/mol. The maximum atomic E-state index is 11.4. The first kappa shape index (κ1) is 8.10. The van der Waals surface area contributed by atoms with Gasteiger partial charge in [-0.2, -0.15) is 0 Å². The summed E-state index contributed by atoms with van der Waals surface area (Å²) in [5, 5.41) is 0. The van der Waals surface area contributed by atoms with Crippen LogP contribution in [0.3, 0.4) is 0 Å². The fourth-order valence-electron chi connectivity index (χ4n) is 1.30. The van der Waals surface area contributed by atoms with E-state index in [4.69, 9.17) is 0 Å². The third-order valence-corrected chi connectivity index (χ3v) is 2.27. The minimum Gasteiger partial charge on any atom is -0.354 e. The Bertz CT molecular complexity index is 453. The van der Waals surface area contributed by atoms with Crippen LogP contribution in [0.15, 0.2) is 15.7 Å². The highest BCUT2D eigenvalue weighted by Crippen LogP contribution is 2.15. The molecule has 5 nitrogen and oxygen atoms in total. The van der Waals surface area contributed by atoms with Crippen LogP contribution in [-0.2, 0) is 14.1 Å². The molecule has 70 valence electrons. The molecule has 5 heteroatoms. The lowest BCUT2D eigenvalue weighted by Crippen LogP contribution is -2.37. The van der Waals surface area contributed by atoms with Gasteiger partial charge in [-0.25, -0.2) is 4.79 Å². The number of hydrogen-bond donors (Lipinski definition) is 0. The second kappa shape index (κ2) is 2.48. The van der Waals surface area contributed by atoms with Crippen molar-refractivity contribution in [2.75, 3.05) is 18.0 Å². The molecule has 0 bridgehead atoms. The number of anilines is 1. The van der Waals surface area contributed by atoms with Crippen molar-refractivity contribution in [1.29, 1.82) is 0 Å². The van der Waals surface area contributed by atoms with Gasteiger partial charge in [0.15, 0.2) is 0 Å². The van der Waals surface area contributed by atoms with Crippen LogP contribution in [0, 0.1) is 0 Å². The third kappa shape index (κ3) is 1.16. The van der Waals surface area contributed by atoms with Gasteiger partial charge in [-0.1, -0.05) is 0 Å². The van der Waals surface area contributed by atoms with Crippen LogP contribution in [0.1, 0.15) is 0 Å². The minimum atomic E-state index is -0.269. The average Bonchev–Trinajstić information content (AvgIpc) is 2.91. The molecule has 0 aromatic carbocycles. The van der Waals surface area contributed by atoms with E-state index in [0.29, 0.717) is 5.82 Å². The van der Waals surface area contributed by atoms with E-state index in [1.165, 1.54) is 17.7 Å². The summed E-state index contributed by atoms with van der Waals surface area (Å²) in [6.45, 7) is 1.86. The molecule has 1 saturated heterocycles. The zero-order chi connectivity index (χ0) is 9.59. The van der Waals surface area contributed by atoms with Crippen molar-refractivity contribution in [1.82, 2.24) is 9.13 Å². The molecule has 0 radical (unpaired) electrons. The highest BCUT2D eigenvalue weighted by atomic mass is 16.2. The lowest BCUT2D eigenvalue weighted by Gasteiger charge is -2.09. The Labute approximate surface area is 74.8 Å². The summed E-state index contributed by atoms with van der Waals surface area (Å²) in [5.74, 6) is 0.716. The zero-order valence-electron chi connectivity index (χ0n) is 7.65. The van der Waals surface area contributed by atoms with Gasteiger partial charge in [-0.15, -0.1) is 0 Å². The van der Waals surface area contributed by atoms with Crippen molar-refractivity contribution in [3.05, 3.63) is 26.9 Å². The number of nitrogens with zero attached hydrogens (tertiary/aromatic N) is 3. The summed E-state index contributed by atoms with van der Waals surface area (Å²) in [4.78, 5) is 24.7. The summed E-state index contributed by atoms with van der Waals surface area (Å²) in [5.41, 5.74) is -0.514. The molecule has 0 atom stereocenters. The summed E-state index contributed by atoms with van der Waals surface area (Å²) in [6.07, 6.45) is 0. The molecular weight excluding hydrogens is 170 g/mol. The van der Waals surface area contributed by atoms with E-state index in [2.05, 4.69) is 0 Å². The van der Waals surface area contributed by atoms with Crippen LogP contribution in [-0.4, -0.2) is 22.2 Å². The number of rotatable bonds is 1. The van der Waals surface area contributed by atoms with E-state index in [1.807, 2.05) is 4.90 Å². The fourth-order valence-corrected chi connectivity index (χ4v) is 1.30. The van der Waals surface area contributed by atoms with Gasteiger partial charge in [0.25, 0.3) is 5.56 Å². The van der Waals surface area contributed by atoms with Crippen LogP contribution in [0.25, 0.3) is 0 Å². The fraction of sp³-hybridized carbons (Fsp3) is 0.500. The predicted octanol–water partition coefficient (Wildman–Crippen LogP) is -1.10. The van der Waals surface area contributed by atoms with Gasteiger partial charge in [-0.05, 0) is 0 Å². The highest BCUT2D eigenvalue weighted by Gasteiger charge is 2.21. The molecule has 0 amide bonds. The lowest BCUT2D eigenvalue weighted by molar-refractivity contribution is 0.687. The number of hydrogen-bond acceptors (Lipinski definition) is 3. The van der Waals surface area contributed by atoms with Gasteiger partial charge in [0.2, 0.25) is 0 Å². The van der Waals surface area contributed by atoms with Crippen molar-refractivity contribution in [3.8, 4) is 0 Å². The normalized spacial score (nSPS) is 14.8. The zero-order valence-corrected chi connectivity index (χ0v) is 7.65. The molecule has 1 fully saturated rings. The molecule has 0 spiro atoms. The van der Waals surface area contributed by atoms with Gasteiger partial charge in [0.1, 0.15) is 5.82 Å². The first-order valence-electron chi connectivity index (χ1n) is 4.13. The Morgan fingerprint density at radius 1 is 1.15 bits per heavy atom. The molecule has 13 heavy (non-hydrogen) atoms. The van der Waals surface area contributed by atoms with Crippen LogP contribution >= 0.6 is 0 Å². The van der Waals surface area contributed by atoms with Crippen molar-refractivity contribution in [2.45, 2.75) is 0 Å². The summed E-state index contributed by atoms with van der Waals surface area (Å²) in [7, 11) is 3.16. The lowest BCUT2D eigenvalue weighted by atomic mass is 10.5. The molecule has 0 saturated carbocycles. The number of aromatic nitrogens is 2. The maximum Gasteiger partial charge on any atom is 0.332 e. The molecule has 0 N–H and O–H groups in total. The topological polar surface area (TPSA) is 47.0 Å². The van der Waals surface area contributed by atoms with E-state index in [9.17, 15) is 9.59 Å². The summed E-state index contributed by atoms with van der Waals surface area (Å²) >= 11 is 0. The second-order valence-electron chi connectivity index (χ2n) is 3.23. The van der Waals surface area contributed by atoms with Gasteiger partial charge >= 0.3 is 5.69 Å². The van der Waals surface area contributed by atoms with Gasteiger partial charge < -0.3 is 4.90 Å². The van der Waals surface area contributed by atoms with Gasteiger partial charge in [0.05, 0.1) is 0 Å². The van der Waals surface area contributed by atoms with Crippen molar-refractivity contribution >= 4 is 5.82 Å². The molecule has 1 aromatic rings. The molecule has 2 heterocycles. The first-order valence-corrected chi connectivity index (χ1v) is 4.13. The average molecular weight is 181 g/mol. The van der Waals surface area contributed by atoms with Crippen molar-refractivity contribution in [2.24, 2.45) is 14.1 Å². The van der Waals surface area contributed by atoms with Crippen molar-refractivity contribution in [3.63, 3.8) is 0 Å². The third-order valence-electron chi connectivity index (χ3n) is 2.27.